The average Bonchev–Trinajstić information content (AvgIpc) is 3.32. The van der Waals surface area contributed by atoms with Gasteiger partial charge in [-0.1, -0.05) is 24.3 Å². The molecule has 25 heavy (non-hydrogen) atoms. The molecular formula is C18H13N7. The monoisotopic (exact) mass is 327 g/mol. The summed E-state index contributed by atoms with van der Waals surface area (Å²) >= 11 is 0. The Morgan fingerprint density at radius 3 is 2.68 bits per heavy atom. The van der Waals surface area contributed by atoms with Crippen LogP contribution in [0.15, 0.2) is 67.0 Å². The third-order valence-corrected chi connectivity index (χ3v) is 4.16. The van der Waals surface area contributed by atoms with Crippen LogP contribution in [0.2, 0.25) is 0 Å². The minimum absolute atomic E-state index is 0.558. The normalized spacial score (nSPS) is 11.2. The highest BCUT2D eigenvalue weighted by Gasteiger charge is 2.13. The Morgan fingerprint density at radius 2 is 1.84 bits per heavy atom. The second-order valence-electron chi connectivity index (χ2n) is 5.64. The van der Waals surface area contributed by atoms with Gasteiger partial charge in [0.05, 0.1) is 28.5 Å². The van der Waals surface area contributed by atoms with Crippen LogP contribution >= 0.6 is 0 Å². The van der Waals surface area contributed by atoms with Crippen LogP contribution in [0.5, 0.6) is 0 Å². The molecule has 0 amide bonds. The number of para-hydroxylation sites is 2. The van der Waals surface area contributed by atoms with Crippen LogP contribution < -0.4 is 5.32 Å². The first-order chi connectivity index (χ1) is 12.4. The van der Waals surface area contributed by atoms with Crippen LogP contribution in [0.4, 0.5) is 11.4 Å². The van der Waals surface area contributed by atoms with Crippen molar-refractivity contribution >= 4 is 27.9 Å². The maximum Gasteiger partial charge on any atom is 0.206 e. The minimum Gasteiger partial charge on any atom is -0.354 e. The fraction of sp³-hybridized carbons (Fsp3) is 0. The number of aromatic amines is 1. The van der Waals surface area contributed by atoms with Gasteiger partial charge in [-0.25, -0.2) is 0 Å². The molecule has 120 valence electrons. The van der Waals surface area contributed by atoms with E-state index in [1.807, 2.05) is 67.0 Å². The van der Waals surface area contributed by atoms with E-state index in [1.54, 1.807) is 0 Å². The molecule has 0 unspecified atom stereocenters. The van der Waals surface area contributed by atoms with Gasteiger partial charge in [0.15, 0.2) is 0 Å². The van der Waals surface area contributed by atoms with Gasteiger partial charge in [-0.05, 0) is 35.5 Å². The number of nitrogens with one attached hydrogen (secondary N) is 2. The number of fused-ring (bicyclic) bond motifs is 3. The van der Waals surface area contributed by atoms with Crippen molar-refractivity contribution in [3.05, 3.63) is 67.0 Å². The highest BCUT2D eigenvalue weighted by molar-refractivity contribution is 5.93. The van der Waals surface area contributed by atoms with Crippen LogP contribution in [0, 0.1) is 0 Å². The van der Waals surface area contributed by atoms with Crippen molar-refractivity contribution in [2.24, 2.45) is 0 Å². The lowest BCUT2D eigenvalue weighted by Gasteiger charge is -2.10. The van der Waals surface area contributed by atoms with Gasteiger partial charge in [-0.2, -0.15) is 5.21 Å². The lowest BCUT2D eigenvalue weighted by molar-refractivity contribution is 0.881. The van der Waals surface area contributed by atoms with E-state index in [-0.39, 0.29) is 0 Å². The first kappa shape index (κ1) is 13.7. The number of anilines is 2. The van der Waals surface area contributed by atoms with E-state index in [1.165, 1.54) is 0 Å². The van der Waals surface area contributed by atoms with E-state index < -0.39 is 0 Å². The van der Waals surface area contributed by atoms with Crippen molar-refractivity contribution in [2.75, 3.05) is 5.32 Å². The van der Waals surface area contributed by atoms with Crippen molar-refractivity contribution in [1.29, 1.82) is 0 Å². The zero-order chi connectivity index (χ0) is 16.6. The molecule has 2 aromatic carbocycles. The average molecular weight is 327 g/mol. The van der Waals surface area contributed by atoms with Crippen molar-refractivity contribution in [1.82, 2.24) is 30.0 Å². The van der Waals surface area contributed by atoms with E-state index in [4.69, 9.17) is 0 Å². The topological polar surface area (TPSA) is 83.8 Å². The zero-order valence-electron chi connectivity index (χ0n) is 13.1. The zero-order valence-corrected chi connectivity index (χ0v) is 13.1. The molecule has 3 heterocycles. The maximum atomic E-state index is 4.68. The van der Waals surface area contributed by atoms with Crippen molar-refractivity contribution < 1.29 is 0 Å². The van der Waals surface area contributed by atoms with Crippen molar-refractivity contribution in [3.8, 4) is 11.4 Å². The van der Waals surface area contributed by atoms with E-state index >= 15 is 0 Å². The molecule has 0 fully saturated rings. The number of tetrazole rings is 1. The SMILES string of the molecule is c1ccc(Nc2cccc3c2ncc2c(-c4nn[nH]n4)ccn23)cc1. The quantitative estimate of drug-likeness (QED) is 0.530. The summed E-state index contributed by atoms with van der Waals surface area (Å²) in [5, 5.41) is 17.7. The summed E-state index contributed by atoms with van der Waals surface area (Å²) in [5.74, 6) is 0.558. The first-order valence-electron chi connectivity index (χ1n) is 7.85. The van der Waals surface area contributed by atoms with Crippen molar-refractivity contribution in [3.63, 3.8) is 0 Å². The summed E-state index contributed by atoms with van der Waals surface area (Å²) in [4.78, 5) is 4.68. The number of rotatable bonds is 3. The molecule has 5 rings (SSSR count). The van der Waals surface area contributed by atoms with Crippen LogP contribution in [0.3, 0.4) is 0 Å². The lowest BCUT2D eigenvalue weighted by atomic mass is 10.2. The van der Waals surface area contributed by atoms with Crippen LogP contribution in [-0.2, 0) is 0 Å². The van der Waals surface area contributed by atoms with E-state index in [0.717, 1.165) is 33.5 Å². The molecule has 3 aromatic heterocycles. The molecule has 0 spiro atoms. The van der Waals surface area contributed by atoms with Gasteiger partial charge in [0.25, 0.3) is 0 Å². The third kappa shape index (κ3) is 2.21. The summed E-state index contributed by atoms with van der Waals surface area (Å²) in [6.45, 7) is 0. The lowest BCUT2D eigenvalue weighted by Crippen LogP contribution is -1.96. The number of hydrogen-bond donors (Lipinski definition) is 2. The fourth-order valence-electron chi connectivity index (χ4n) is 3.02. The second kappa shape index (κ2) is 5.41. The number of nitrogens with zero attached hydrogens (tertiary/aromatic N) is 5. The van der Waals surface area contributed by atoms with Gasteiger partial charge < -0.3 is 9.72 Å². The molecule has 0 saturated carbocycles. The molecule has 2 N–H and O–H groups in total. The highest BCUT2D eigenvalue weighted by Crippen LogP contribution is 2.29. The Morgan fingerprint density at radius 1 is 0.920 bits per heavy atom. The van der Waals surface area contributed by atoms with Crippen LogP contribution in [0.25, 0.3) is 27.9 Å². The van der Waals surface area contributed by atoms with E-state index in [0.29, 0.717) is 5.82 Å². The summed E-state index contributed by atoms with van der Waals surface area (Å²) in [5.41, 5.74) is 5.72. The molecule has 0 aliphatic carbocycles. The van der Waals surface area contributed by atoms with E-state index in [2.05, 4.69) is 35.3 Å². The summed E-state index contributed by atoms with van der Waals surface area (Å²) in [6.07, 6.45) is 3.83. The smallest absolute Gasteiger partial charge is 0.206 e. The summed E-state index contributed by atoms with van der Waals surface area (Å²) in [6, 6.07) is 18.1. The Hall–Kier alpha value is -3.74. The molecule has 0 saturated heterocycles. The molecule has 5 aromatic rings. The predicted molar refractivity (Wildman–Crippen MR) is 95.6 cm³/mol. The predicted octanol–water partition coefficient (Wildman–Crippen LogP) is 3.41. The fourth-order valence-corrected chi connectivity index (χ4v) is 3.02. The highest BCUT2D eigenvalue weighted by atomic mass is 15.5. The Bertz CT molecular complexity index is 1160. The molecule has 0 atom stereocenters. The Kier molecular flexibility index (Phi) is 2.96. The number of benzene rings is 2. The standard InChI is InChI=1S/C18H13N7/c1-2-5-12(6-3-1)20-14-7-4-8-15-17(14)19-11-16-13(9-10-25(15)16)18-21-23-24-22-18/h1-11,20H,(H,21,22,23,24). The van der Waals surface area contributed by atoms with Gasteiger partial charge >= 0.3 is 0 Å². The van der Waals surface area contributed by atoms with Crippen molar-refractivity contribution in [2.45, 2.75) is 0 Å². The Balaban J connectivity index is 1.69. The second-order valence-corrected chi connectivity index (χ2v) is 5.64. The molecule has 0 aliphatic rings. The van der Waals surface area contributed by atoms with Crippen LogP contribution in [0.1, 0.15) is 0 Å². The molecule has 7 nitrogen and oxygen atoms in total. The number of hydrogen-bond acceptors (Lipinski definition) is 5. The minimum atomic E-state index is 0.558. The third-order valence-electron chi connectivity index (χ3n) is 4.16. The molecule has 0 aliphatic heterocycles. The Labute approximate surface area is 142 Å². The molecule has 7 heteroatoms. The van der Waals surface area contributed by atoms with Crippen LogP contribution in [-0.4, -0.2) is 30.0 Å². The first-order valence-corrected chi connectivity index (χ1v) is 7.85. The van der Waals surface area contributed by atoms with E-state index in [9.17, 15) is 0 Å². The van der Waals surface area contributed by atoms with Gasteiger partial charge in [0, 0.05) is 11.9 Å². The van der Waals surface area contributed by atoms with Gasteiger partial charge in [0.2, 0.25) is 5.82 Å². The largest absolute Gasteiger partial charge is 0.354 e. The van der Waals surface area contributed by atoms with Gasteiger partial charge in [-0.15, -0.1) is 10.2 Å². The molecule has 0 bridgehead atoms. The summed E-state index contributed by atoms with van der Waals surface area (Å²) < 4.78 is 2.09. The van der Waals surface area contributed by atoms with Gasteiger partial charge in [0.1, 0.15) is 5.52 Å². The summed E-state index contributed by atoms with van der Waals surface area (Å²) in [7, 11) is 0. The number of aromatic nitrogens is 6. The maximum absolute atomic E-state index is 4.68. The number of H-pyrrole nitrogens is 1. The van der Waals surface area contributed by atoms with Gasteiger partial charge in [-0.3, -0.25) is 4.98 Å². The molecule has 0 radical (unpaired) electrons. The molecular weight excluding hydrogens is 314 g/mol.